The van der Waals surface area contributed by atoms with Crippen molar-refractivity contribution in [2.45, 2.75) is 6.61 Å². The van der Waals surface area contributed by atoms with Crippen LogP contribution in [0.15, 0.2) is 42.1 Å². The fraction of sp³-hybridized carbons (Fsp3) is 0.0833. The lowest BCUT2D eigenvalue weighted by molar-refractivity contribution is -0.123. The lowest BCUT2D eigenvalue weighted by Crippen LogP contribution is -2.39. The molecule has 2 amide bonds. The van der Waals surface area contributed by atoms with Crippen LogP contribution >= 0.6 is 0 Å². The van der Waals surface area contributed by atoms with E-state index >= 15 is 0 Å². The normalized spacial score (nSPS) is 14.4. The van der Waals surface area contributed by atoms with E-state index in [-0.39, 0.29) is 18.1 Å². The predicted octanol–water partition coefficient (Wildman–Crippen LogP) is 0.490. The van der Waals surface area contributed by atoms with Crippen LogP contribution in [-0.4, -0.2) is 22.8 Å². The number of hydrogen-bond donors (Lipinski definition) is 3. The van der Waals surface area contributed by atoms with E-state index in [1.165, 1.54) is 0 Å². The SMILES string of the molecule is N=C1C=C(NC(=O)OCc2ccccc2)C(=O)N1N. The van der Waals surface area contributed by atoms with Gasteiger partial charge in [-0.1, -0.05) is 30.3 Å². The first kappa shape index (κ1) is 12.8. The van der Waals surface area contributed by atoms with Crippen molar-refractivity contribution in [1.82, 2.24) is 10.3 Å². The molecule has 0 atom stereocenters. The fourth-order valence-electron chi connectivity index (χ4n) is 1.47. The molecule has 0 fully saturated rings. The van der Waals surface area contributed by atoms with Crippen LogP contribution in [0.5, 0.6) is 0 Å². The fourth-order valence-corrected chi connectivity index (χ4v) is 1.47. The lowest BCUT2D eigenvalue weighted by atomic mass is 10.2. The van der Waals surface area contributed by atoms with E-state index < -0.39 is 12.0 Å². The zero-order chi connectivity index (χ0) is 13.8. The number of carbonyl (C=O) groups is 2. The highest BCUT2D eigenvalue weighted by Gasteiger charge is 2.27. The van der Waals surface area contributed by atoms with Crippen LogP contribution in [0.3, 0.4) is 0 Å². The van der Waals surface area contributed by atoms with Crippen LogP contribution in [0.25, 0.3) is 0 Å². The van der Waals surface area contributed by atoms with E-state index in [0.29, 0.717) is 5.01 Å². The number of ether oxygens (including phenoxy) is 1. The summed E-state index contributed by atoms with van der Waals surface area (Å²) < 4.78 is 4.94. The molecule has 1 aliphatic rings. The Bertz CT molecular complexity index is 553. The third kappa shape index (κ3) is 2.96. The average molecular weight is 260 g/mol. The third-order valence-corrected chi connectivity index (χ3v) is 2.44. The molecule has 0 spiro atoms. The number of alkyl carbamates (subject to hydrolysis) is 1. The van der Waals surface area contributed by atoms with Crippen molar-refractivity contribution in [3.63, 3.8) is 0 Å². The van der Waals surface area contributed by atoms with Crippen LogP contribution in [0.4, 0.5) is 4.79 Å². The minimum Gasteiger partial charge on any atom is -0.444 e. The van der Waals surface area contributed by atoms with Crippen molar-refractivity contribution in [1.29, 1.82) is 5.41 Å². The highest BCUT2D eigenvalue weighted by Crippen LogP contribution is 2.07. The summed E-state index contributed by atoms with van der Waals surface area (Å²) in [6.07, 6.45) is 0.387. The molecule has 0 aliphatic carbocycles. The molecule has 1 aromatic carbocycles. The van der Waals surface area contributed by atoms with E-state index in [2.05, 4.69) is 5.32 Å². The first-order valence-electron chi connectivity index (χ1n) is 5.45. The highest BCUT2D eigenvalue weighted by atomic mass is 16.5. The summed E-state index contributed by atoms with van der Waals surface area (Å²) in [6, 6.07) is 9.13. The number of amidine groups is 1. The van der Waals surface area contributed by atoms with Crippen LogP contribution in [-0.2, 0) is 16.1 Å². The Balaban J connectivity index is 1.87. The highest BCUT2D eigenvalue weighted by molar-refractivity contribution is 6.17. The molecule has 1 aliphatic heterocycles. The van der Waals surface area contributed by atoms with Gasteiger partial charge in [-0.3, -0.25) is 15.5 Å². The maximum atomic E-state index is 11.5. The van der Waals surface area contributed by atoms with E-state index in [1.54, 1.807) is 0 Å². The summed E-state index contributed by atoms with van der Waals surface area (Å²) in [6.45, 7) is 0.0952. The Hall–Kier alpha value is -2.67. The summed E-state index contributed by atoms with van der Waals surface area (Å²) in [5.74, 6) is 4.43. The van der Waals surface area contributed by atoms with Crippen molar-refractivity contribution >= 4 is 17.8 Å². The quantitative estimate of drug-likeness (QED) is 0.542. The number of benzene rings is 1. The first-order valence-corrected chi connectivity index (χ1v) is 5.45. The molecule has 0 radical (unpaired) electrons. The number of nitrogens with two attached hydrogens (primary N) is 1. The Labute approximate surface area is 109 Å². The minimum atomic E-state index is -0.772. The zero-order valence-corrected chi connectivity index (χ0v) is 9.92. The Kier molecular flexibility index (Phi) is 3.58. The molecule has 7 heteroatoms. The van der Waals surface area contributed by atoms with Gasteiger partial charge in [0.2, 0.25) is 0 Å². The maximum Gasteiger partial charge on any atom is 0.412 e. The van der Waals surface area contributed by atoms with E-state index in [9.17, 15) is 9.59 Å². The molecule has 98 valence electrons. The lowest BCUT2D eigenvalue weighted by Gasteiger charge is -2.09. The molecule has 2 rings (SSSR count). The molecule has 0 unspecified atom stereocenters. The largest absolute Gasteiger partial charge is 0.444 e. The molecular formula is C12H12N4O3. The summed E-state index contributed by atoms with van der Waals surface area (Å²) in [5, 5.41) is 10.2. The molecule has 0 aromatic heterocycles. The van der Waals surface area contributed by atoms with Crippen LogP contribution < -0.4 is 11.2 Å². The average Bonchev–Trinajstić information content (AvgIpc) is 2.65. The zero-order valence-electron chi connectivity index (χ0n) is 9.92. The Morgan fingerprint density at radius 1 is 1.37 bits per heavy atom. The Morgan fingerprint density at radius 3 is 2.63 bits per heavy atom. The maximum absolute atomic E-state index is 11.5. The monoisotopic (exact) mass is 260 g/mol. The molecule has 19 heavy (non-hydrogen) atoms. The van der Waals surface area contributed by atoms with Crippen LogP contribution in [0.1, 0.15) is 5.56 Å². The number of hydrogen-bond acceptors (Lipinski definition) is 5. The van der Waals surface area contributed by atoms with Gasteiger partial charge in [-0.05, 0) is 5.56 Å². The van der Waals surface area contributed by atoms with Gasteiger partial charge in [0.1, 0.15) is 18.1 Å². The molecule has 0 saturated heterocycles. The van der Waals surface area contributed by atoms with Crippen molar-refractivity contribution < 1.29 is 14.3 Å². The second-order valence-electron chi connectivity index (χ2n) is 3.81. The van der Waals surface area contributed by atoms with E-state index in [0.717, 1.165) is 11.6 Å². The van der Waals surface area contributed by atoms with Gasteiger partial charge in [0.05, 0.1) is 0 Å². The van der Waals surface area contributed by atoms with Gasteiger partial charge in [-0.25, -0.2) is 15.6 Å². The molecule has 0 saturated carbocycles. The predicted molar refractivity (Wildman–Crippen MR) is 66.6 cm³/mol. The van der Waals surface area contributed by atoms with Gasteiger partial charge in [-0.2, -0.15) is 0 Å². The number of nitrogens with zero attached hydrogens (tertiary/aromatic N) is 1. The summed E-state index contributed by atoms with van der Waals surface area (Å²) in [5.41, 5.74) is 0.753. The molecule has 1 aromatic rings. The van der Waals surface area contributed by atoms with Gasteiger partial charge in [0.25, 0.3) is 5.91 Å². The number of hydrazine groups is 1. The van der Waals surface area contributed by atoms with E-state index in [1.807, 2.05) is 30.3 Å². The van der Waals surface area contributed by atoms with Crippen molar-refractivity contribution in [2.24, 2.45) is 5.84 Å². The smallest absolute Gasteiger partial charge is 0.412 e. The van der Waals surface area contributed by atoms with Gasteiger partial charge in [-0.15, -0.1) is 0 Å². The van der Waals surface area contributed by atoms with Crippen molar-refractivity contribution in [3.05, 3.63) is 47.7 Å². The van der Waals surface area contributed by atoms with Crippen LogP contribution in [0, 0.1) is 5.41 Å². The second kappa shape index (κ2) is 5.32. The van der Waals surface area contributed by atoms with Gasteiger partial charge in [0, 0.05) is 6.08 Å². The summed E-state index contributed by atoms with van der Waals surface area (Å²) in [7, 11) is 0. The molecule has 4 N–H and O–H groups in total. The molecule has 1 heterocycles. The number of carbonyl (C=O) groups excluding carboxylic acids is 2. The third-order valence-electron chi connectivity index (χ3n) is 2.44. The minimum absolute atomic E-state index is 0.0782. The molecular weight excluding hydrogens is 248 g/mol. The van der Waals surface area contributed by atoms with Gasteiger partial charge >= 0.3 is 6.09 Å². The van der Waals surface area contributed by atoms with Gasteiger partial charge < -0.3 is 4.74 Å². The first-order chi connectivity index (χ1) is 9.08. The van der Waals surface area contributed by atoms with Gasteiger partial charge in [0.15, 0.2) is 0 Å². The standard InChI is InChI=1S/C12H12N4O3/c13-10-6-9(11(17)16(10)14)15-12(18)19-7-8-4-2-1-3-5-8/h1-6,13H,7,14H2,(H,15,18). The molecule has 7 nitrogen and oxygen atoms in total. The number of nitrogens with one attached hydrogen (secondary N) is 2. The van der Waals surface area contributed by atoms with E-state index in [4.69, 9.17) is 16.0 Å². The topological polar surface area (TPSA) is 109 Å². The van der Waals surface area contributed by atoms with Crippen LogP contribution in [0.2, 0.25) is 0 Å². The Morgan fingerprint density at radius 2 is 2.05 bits per heavy atom. The molecule has 0 bridgehead atoms. The van der Waals surface area contributed by atoms with Crippen molar-refractivity contribution in [2.75, 3.05) is 0 Å². The number of amides is 2. The number of rotatable bonds is 3. The second-order valence-corrected chi connectivity index (χ2v) is 3.81. The van der Waals surface area contributed by atoms with Crippen molar-refractivity contribution in [3.8, 4) is 0 Å². The summed E-state index contributed by atoms with van der Waals surface area (Å²) >= 11 is 0. The summed E-state index contributed by atoms with van der Waals surface area (Å²) in [4.78, 5) is 22.9.